The largest absolute Gasteiger partial charge is 0.388 e. The maximum absolute atomic E-state index is 9.56. The molecule has 0 aromatic heterocycles. The molecular weight excluding hydrogens is 186 g/mol. The van der Waals surface area contributed by atoms with Crippen LogP contribution >= 0.6 is 0 Å². The molecule has 0 aliphatic heterocycles. The Hall–Kier alpha value is -1.07. The van der Waals surface area contributed by atoms with Gasteiger partial charge >= 0.3 is 0 Å². The van der Waals surface area contributed by atoms with E-state index in [4.69, 9.17) is 5.26 Å². The van der Waals surface area contributed by atoms with E-state index in [2.05, 4.69) is 33.4 Å². The van der Waals surface area contributed by atoms with Gasteiger partial charge in [0.05, 0.1) is 17.7 Å². The van der Waals surface area contributed by atoms with Gasteiger partial charge in [-0.05, 0) is 39.0 Å². The summed E-state index contributed by atoms with van der Waals surface area (Å²) in [5.74, 6) is 0.417. The zero-order chi connectivity index (χ0) is 11.8. The molecule has 2 nitrogen and oxygen atoms in total. The van der Waals surface area contributed by atoms with E-state index < -0.39 is 6.10 Å². The fourth-order valence-electron chi connectivity index (χ4n) is 1.37. The van der Waals surface area contributed by atoms with Gasteiger partial charge in [-0.1, -0.05) is 25.2 Å². The van der Waals surface area contributed by atoms with Gasteiger partial charge in [-0.25, -0.2) is 0 Å². The number of nitrogens with zero attached hydrogens (tertiary/aromatic N) is 1. The lowest BCUT2D eigenvalue weighted by Gasteiger charge is -2.14. The number of nitriles is 1. The zero-order valence-electron chi connectivity index (χ0n) is 9.95. The summed E-state index contributed by atoms with van der Waals surface area (Å²) < 4.78 is 0. The highest BCUT2D eigenvalue weighted by atomic mass is 16.3. The average Bonchev–Trinajstić information content (AvgIpc) is 2.15. The molecule has 0 aromatic rings. The highest BCUT2D eigenvalue weighted by molar-refractivity contribution is 5.20. The lowest BCUT2D eigenvalue weighted by atomic mass is 9.95. The molecule has 2 heteroatoms. The van der Waals surface area contributed by atoms with Crippen LogP contribution in [0, 0.1) is 17.2 Å². The van der Waals surface area contributed by atoms with Crippen molar-refractivity contribution in [3.8, 4) is 6.07 Å². The van der Waals surface area contributed by atoms with E-state index in [-0.39, 0.29) is 5.57 Å². The molecule has 0 fully saturated rings. The van der Waals surface area contributed by atoms with Gasteiger partial charge in [0.25, 0.3) is 0 Å². The third-order valence-electron chi connectivity index (χ3n) is 2.38. The van der Waals surface area contributed by atoms with Gasteiger partial charge in [-0.2, -0.15) is 5.26 Å². The number of rotatable bonds is 6. The molecule has 0 amide bonds. The van der Waals surface area contributed by atoms with Crippen molar-refractivity contribution in [2.75, 3.05) is 0 Å². The first kappa shape index (κ1) is 13.9. The predicted octanol–water partition coefficient (Wildman–Crippen LogP) is 3.20. The molecular formula is C13H21NO. The summed E-state index contributed by atoms with van der Waals surface area (Å²) in [7, 11) is 0. The van der Waals surface area contributed by atoms with Crippen LogP contribution in [0.15, 0.2) is 23.8 Å². The molecule has 15 heavy (non-hydrogen) atoms. The Kier molecular flexibility index (Phi) is 6.73. The fourth-order valence-corrected chi connectivity index (χ4v) is 1.37. The van der Waals surface area contributed by atoms with Crippen LogP contribution in [0.4, 0.5) is 0 Å². The Morgan fingerprint density at radius 1 is 1.53 bits per heavy atom. The molecule has 0 spiro atoms. The van der Waals surface area contributed by atoms with Crippen molar-refractivity contribution in [1.29, 1.82) is 5.26 Å². The van der Waals surface area contributed by atoms with Crippen molar-refractivity contribution >= 4 is 0 Å². The second kappa shape index (κ2) is 7.25. The molecule has 0 saturated carbocycles. The monoisotopic (exact) mass is 207 g/mol. The van der Waals surface area contributed by atoms with Gasteiger partial charge < -0.3 is 5.11 Å². The molecule has 2 unspecified atom stereocenters. The standard InChI is InChI=1S/C13H21NO/c1-10(2)6-5-7-11(3)8-13(15)12(4)9-14/h6,11,13,15H,4-5,7-8H2,1-3H3. The van der Waals surface area contributed by atoms with E-state index in [1.165, 1.54) is 5.57 Å². The quantitative estimate of drug-likeness (QED) is 0.537. The van der Waals surface area contributed by atoms with Crippen LogP contribution in [-0.2, 0) is 0 Å². The van der Waals surface area contributed by atoms with Gasteiger partial charge in [-0.3, -0.25) is 0 Å². The number of aliphatic hydroxyl groups is 1. The van der Waals surface area contributed by atoms with Gasteiger partial charge in [-0.15, -0.1) is 0 Å². The van der Waals surface area contributed by atoms with Gasteiger partial charge in [0.1, 0.15) is 0 Å². The summed E-state index contributed by atoms with van der Waals surface area (Å²) in [5, 5.41) is 18.1. The molecule has 0 bridgehead atoms. The van der Waals surface area contributed by atoms with Gasteiger partial charge in [0.2, 0.25) is 0 Å². The Morgan fingerprint density at radius 3 is 2.60 bits per heavy atom. The molecule has 0 heterocycles. The first-order chi connectivity index (χ1) is 6.97. The van der Waals surface area contributed by atoms with Gasteiger partial charge in [0, 0.05) is 0 Å². The molecule has 2 atom stereocenters. The number of aliphatic hydroxyl groups excluding tert-OH is 1. The second-order valence-corrected chi connectivity index (χ2v) is 4.35. The molecule has 0 aromatic carbocycles. The summed E-state index contributed by atoms with van der Waals surface area (Å²) in [4.78, 5) is 0. The molecule has 84 valence electrons. The van der Waals surface area contributed by atoms with Crippen molar-refractivity contribution in [2.45, 2.75) is 46.1 Å². The van der Waals surface area contributed by atoms with Crippen molar-refractivity contribution in [1.82, 2.24) is 0 Å². The SMILES string of the molecule is C=C(C#N)C(O)CC(C)CCC=C(C)C. The lowest BCUT2D eigenvalue weighted by molar-refractivity contribution is 0.181. The Labute approximate surface area is 92.9 Å². The topological polar surface area (TPSA) is 44.0 Å². The molecule has 0 radical (unpaired) electrons. The van der Waals surface area contributed by atoms with Crippen LogP contribution in [-0.4, -0.2) is 11.2 Å². The van der Waals surface area contributed by atoms with Crippen LogP contribution in [0.2, 0.25) is 0 Å². The fraction of sp³-hybridized carbons (Fsp3) is 0.615. The van der Waals surface area contributed by atoms with Crippen LogP contribution in [0.5, 0.6) is 0 Å². The van der Waals surface area contributed by atoms with Gasteiger partial charge in [0.15, 0.2) is 0 Å². The van der Waals surface area contributed by atoms with Crippen molar-refractivity contribution in [2.24, 2.45) is 5.92 Å². The van der Waals surface area contributed by atoms with Crippen molar-refractivity contribution in [3.05, 3.63) is 23.8 Å². The minimum Gasteiger partial charge on any atom is -0.388 e. The highest BCUT2D eigenvalue weighted by Crippen LogP contribution is 2.16. The summed E-state index contributed by atoms with van der Waals surface area (Å²) in [6, 6.07) is 1.89. The highest BCUT2D eigenvalue weighted by Gasteiger charge is 2.12. The van der Waals surface area contributed by atoms with Crippen LogP contribution in [0.25, 0.3) is 0 Å². The van der Waals surface area contributed by atoms with Crippen LogP contribution in [0.1, 0.15) is 40.0 Å². The first-order valence-electron chi connectivity index (χ1n) is 5.37. The minimum absolute atomic E-state index is 0.268. The average molecular weight is 207 g/mol. The van der Waals surface area contributed by atoms with Crippen LogP contribution in [0.3, 0.4) is 0 Å². The summed E-state index contributed by atoms with van der Waals surface area (Å²) in [5.41, 5.74) is 1.59. The van der Waals surface area contributed by atoms with E-state index >= 15 is 0 Å². The number of hydrogen-bond acceptors (Lipinski definition) is 2. The Bertz CT molecular complexity index is 269. The Morgan fingerprint density at radius 2 is 2.13 bits per heavy atom. The zero-order valence-corrected chi connectivity index (χ0v) is 9.95. The third kappa shape index (κ3) is 6.93. The van der Waals surface area contributed by atoms with E-state index in [0.29, 0.717) is 12.3 Å². The van der Waals surface area contributed by atoms with E-state index in [0.717, 1.165) is 12.8 Å². The van der Waals surface area contributed by atoms with E-state index in [9.17, 15) is 5.11 Å². The van der Waals surface area contributed by atoms with Crippen molar-refractivity contribution < 1.29 is 5.11 Å². The summed E-state index contributed by atoms with van der Waals surface area (Å²) in [6.07, 6.45) is 4.23. The molecule has 0 saturated heterocycles. The van der Waals surface area contributed by atoms with Crippen molar-refractivity contribution in [3.63, 3.8) is 0 Å². The Balaban J connectivity index is 3.84. The summed E-state index contributed by atoms with van der Waals surface area (Å²) >= 11 is 0. The predicted molar refractivity (Wildman–Crippen MR) is 63.2 cm³/mol. The maximum atomic E-state index is 9.56. The number of hydrogen-bond donors (Lipinski definition) is 1. The first-order valence-corrected chi connectivity index (χ1v) is 5.37. The van der Waals surface area contributed by atoms with Crippen LogP contribution < -0.4 is 0 Å². The normalized spacial score (nSPS) is 13.8. The third-order valence-corrected chi connectivity index (χ3v) is 2.38. The molecule has 0 aliphatic carbocycles. The number of allylic oxidation sites excluding steroid dienone is 2. The summed E-state index contributed by atoms with van der Waals surface area (Å²) in [6.45, 7) is 9.76. The van der Waals surface area contributed by atoms with E-state index in [1.54, 1.807) is 0 Å². The minimum atomic E-state index is -0.670. The van der Waals surface area contributed by atoms with E-state index in [1.807, 2.05) is 6.07 Å². The molecule has 0 aliphatic rings. The molecule has 1 N–H and O–H groups in total. The smallest absolute Gasteiger partial charge is 0.0968 e. The molecule has 0 rings (SSSR count). The lowest BCUT2D eigenvalue weighted by Crippen LogP contribution is -2.13. The second-order valence-electron chi connectivity index (χ2n) is 4.35. The maximum Gasteiger partial charge on any atom is 0.0968 e.